The van der Waals surface area contributed by atoms with Gasteiger partial charge in [-0.1, -0.05) is 12.1 Å². The van der Waals surface area contributed by atoms with E-state index >= 15 is 0 Å². The van der Waals surface area contributed by atoms with Crippen LogP contribution in [0.1, 0.15) is 16.7 Å². The number of imide groups is 1. The summed E-state index contributed by atoms with van der Waals surface area (Å²) >= 11 is 0. The fourth-order valence-electron chi connectivity index (χ4n) is 3.37. The standard InChI is InChI=1S/C23H19FN2O4/c1-13-10-18(14(2)9-15(13)11-20-22(27)25-23(28)30-20)17-7-6-16(12-19(17)24)26(3)21-5-4-8-29-21/h4-12H,1-3H3,(H,25,27,28)/b20-11-. The van der Waals surface area contributed by atoms with Crippen molar-refractivity contribution in [2.24, 2.45) is 0 Å². The van der Waals surface area contributed by atoms with Gasteiger partial charge in [0.2, 0.25) is 0 Å². The van der Waals surface area contributed by atoms with Crippen LogP contribution in [0.2, 0.25) is 0 Å². The third kappa shape index (κ3) is 3.57. The van der Waals surface area contributed by atoms with E-state index in [0.717, 1.165) is 16.7 Å². The van der Waals surface area contributed by atoms with Crippen LogP contribution in [0, 0.1) is 19.7 Å². The SMILES string of the molecule is Cc1cc(-c2ccc(N(C)c3ccco3)cc2F)c(C)cc1/C=C1\OC(=O)NC1=O. The highest BCUT2D eigenvalue weighted by Crippen LogP contribution is 2.33. The molecule has 0 atom stereocenters. The molecule has 0 unspecified atom stereocenters. The number of anilines is 2. The zero-order valence-electron chi connectivity index (χ0n) is 16.7. The number of hydrogen-bond donors (Lipinski definition) is 1. The first-order valence-corrected chi connectivity index (χ1v) is 9.27. The first-order chi connectivity index (χ1) is 14.3. The molecule has 3 aromatic rings. The number of nitrogens with one attached hydrogen (secondary N) is 1. The van der Waals surface area contributed by atoms with E-state index in [9.17, 15) is 14.0 Å². The third-order valence-electron chi connectivity index (χ3n) is 5.01. The van der Waals surface area contributed by atoms with Gasteiger partial charge in [-0.3, -0.25) is 10.1 Å². The Balaban J connectivity index is 1.68. The van der Waals surface area contributed by atoms with E-state index in [4.69, 9.17) is 9.15 Å². The minimum Gasteiger partial charge on any atom is -0.448 e. The minimum absolute atomic E-state index is 0.0632. The van der Waals surface area contributed by atoms with E-state index in [0.29, 0.717) is 22.7 Å². The molecule has 2 amide bonds. The molecule has 6 nitrogen and oxygen atoms in total. The number of alkyl carbamates (subject to hydrolysis) is 1. The van der Waals surface area contributed by atoms with Gasteiger partial charge in [0.15, 0.2) is 11.6 Å². The second-order valence-electron chi connectivity index (χ2n) is 7.05. The molecule has 4 rings (SSSR count). The van der Waals surface area contributed by atoms with Crippen molar-refractivity contribution in [2.45, 2.75) is 13.8 Å². The summed E-state index contributed by atoms with van der Waals surface area (Å²) in [7, 11) is 1.80. The van der Waals surface area contributed by atoms with Crippen molar-refractivity contribution in [3.63, 3.8) is 0 Å². The van der Waals surface area contributed by atoms with E-state index in [2.05, 4.69) is 5.32 Å². The van der Waals surface area contributed by atoms with Gasteiger partial charge in [-0.05, 0) is 66.4 Å². The van der Waals surface area contributed by atoms with Crippen LogP contribution in [0.5, 0.6) is 0 Å². The number of ether oxygens (including phenoxy) is 1. The number of carbonyl (C=O) groups excluding carboxylic acids is 2. The summed E-state index contributed by atoms with van der Waals surface area (Å²) in [4.78, 5) is 24.7. The van der Waals surface area contributed by atoms with Crippen LogP contribution in [0.15, 0.2) is 58.9 Å². The lowest BCUT2D eigenvalue weighted by Crippen LogP contribution is -2.18. The maximum Gasteiger partial charge on any atom is 0.419 e. The number of rotatable bonds is 4. The molecule has 1 fully saturated rings. The summed E-state index contributed by atoms with van der Waals surface area (Å²) in [5.74, 6) is -0.387. The molecule has 1 aliphatic heterocycles. The van der Waals surface area contributed by atoms with Crippen LogP contribution < -0.4 is 10.2 Å². The van der Waals surface area contributed by atoms with Gasteiger partial charge in [0.1, 0.15) is 5.82 Å². The summed E-state index contributed by atoms with van der Waals surface area (Å²) in [5, 5.41) is 2.06. The molecule has 0 spiro atoms. The number of nitrogens with zero attached hydrogens (tertiary/aromatic N) is 1. The zero-order chi connectivity index (χ0) is 21.4. The smallest absolute Gasteiger partial charge is 0.419 e. The highest BCUT2D eigenvalue weighted by atomic mass is 19.1. The maximum atomic E-state index is 15.0. The Kier molecular flexibility index (Phi) is 4.87. The average molecular weight is 406 g/mol. The second kappa shape index (κ2) is 7.51. The van der Waals surface area contributed by atoms with Crippen LogP contribution in [0.25, 0.3) is 17.2 Å². The number of benzene rings is 2. The van der Waals surface area contributed by atoms with Crippen LogP contribution >= 0.6 is 0 Å². The fourth-order valence-corrected chi connectivity index (χ4v) is 3.37. The van der Waals surface area contributed by atoms with Crippen molar-refractivity contribution in [1.29, 1.82) is 0 Å². The predicted molar refractivity (Wildman–Crippen MR) is 111 cm³/mol. The summed E-state index contributed by atoms with van der Waals surface area (Å²) in [6, 6.07) is 12.3. The van der Waals surface area contributed by atoms with Crippen molar-refractivity contribution in [3.8, 4) is 11.1 Å². The van der Waals surface area contributed by atoms with E-state index < -0.39 is 12.0 Å². The molecule has 2 heterocycles. The van der Waals surface area contributed by atoms with Crippen molar-refractivity contribution < 1.29 is 23.1 Å². The maximum absolute atomic E-state index is 15.0. The van der Waals surface area contributed by atoms with Crippen LogP contribution in [-0.4, -0.2) is 19.0 Å². The number of aryl methyl sites for hydroxylation is 2. The summed E-state index contributed by atoms with van der Waals surface area (Å²) < 4.78 is 25.2. The van der Waals surface area contributed by atoms with Crippen LogP contribution in [0.3, 0.4) is 0 Å². The molecule has 0 radical (unpaired) electrons. The summed E-state index contributed by atoms with van der Waals surface area (Å²) in [5.41, 5.74) is 4.23. The monoisotopic (exact) mass is 406 g/mol. The number of cyclic esters (lactones) is 1. The molecule has 1 N–H and O–H groups in total. The van der Waals surface area contributed by atoms with Gasteiger partial charge in [0, 0.05) is 24.4 Å². The van der Waals surface area contributed by atoms with Gasteiger partial charge in [-0.15, -0.1) is 0 Å². The topological polar surface area (TPSA) is 71.8 Å². The van der Waals surface area contributed by atoms with Gasteiger partial charge in [-0.25, -0.2) is 9.18 Å². The minimum atomic E-state index is -0.793. The molecule has 0 saturated carbocycles. The largest absolute Gasteiger partial charge is 0.448 e. The molecule has 30 heavy (non-hydrogen) atoms. The molecular formula is C23H19FN2O4. The molecule has 2 aromatic carbocycles. The Morgan fingerprint density at radius 1 is 1.03 bits per heavy atom. The normalized spacial score (nSPS) is 14.7. The number of halogens is 1. The van der Waals surface area contributed by atoms with Crippen LogP contribution in [-0.2, 0) is 9.53 Å². The lowest BCUT2D eigenvalue weighted by atomic mass is 9.94. The van der Waals surface area contributed by atoms with Gasteiger partial charge < -0.3 is 14.1 Å². The zero-order valence-corrected chi connectivity index (χ0v) is 16.7. The van der Waals surface area contributed by atoms with Crippen molar-refractivity contribution in [2.75, 3.05) is 11.9 Å². The van der Waals surface area contributed by atoms with Gasteiger partial charge in [0.25, 0.3) is 5.91 Å². The summed E-state index contributed by atoms with van der Waals surface area (Å²) in [6.45, 7) is 3.71. The molecule has 1 aliphatic rings. The van der Waals surface area contributed by atoms with Crippen LogP contribution in [0.4, 0.5) is 20.8 Å². The lowest BCUT2D eigenvalue weighted by molar-refractivity contribution is -0.116. The van der Waals surface area contributed by atoms with Crippen molar-refractivity contribution >= 4 is 29.6 Å². The molecule has 0 bridgehead atoms. The first kappa shape index (κ1) is 19.4. The first-order valence-electron chi connectivity index (χ1n) is 9.27. The highest BCUT2D eigenvalue weighted by Gasteiger charge is 2.26. The number of furan rings is 1. The Labute approximate surface area is 172 Å². The molecular weight excluding hydrogens is 387 g/mol. The number of carbonyl (C=O) groups is 2. The van der Waals surface area contributed by atoms with Crippen molar-refractivity contribution in [3.05, 3.63) is 77.0 Å². The number of amides is 2. The Morgan fingerprint density at radius 3 is 2.47 bits per heavy atom. The third-order valence-corrected chi connectivity index (χ3v) is 5.01. The molecule has 1 aromatic heterocycles. The van der Waals surface area contributed by atoms with Gasteiger partial charge in [-0.2, -0.15) is 0 Å². The number of hydrogen-bond acceptors (Lipinski definition) is 5. The second-order valence-corrected chi connectivity index (χ2v) is 7.05. The molecule has 1 saturated heterocycles. The van der Waals surface area contributed by atoms with Crippen molar-refractivity contribution in [1.82, 2.24) is 5.32 Å². The Bertz CT molecular complexity index is 1180. The fraction of sp³-hybridized carbons (Fsp3) is 0.130. The van der Waals surface area contributed by atoms with E-state index in [1.54, 1.807) is 36.4 Å². The average Bonchev–Trinajstić information content (AvgIpc) is 3.34. The lowest BCUT2D eigenvalue weighted by Gasteiger charge is -2.18. The van der Waals surface area contributed by atoms with E-state index in [1.807, 2.05) is 32.0 Å². The van der Waals surface area contributed by atoms with E-state index in [-0.39, 0.29) is 11.6 Å². The van der Waals surface area contributed by atoms with E-state index in [1.165, 1.54) is 12.1 Å². The van der Waals surface area contributed by atoms with Gasteiger partial charge >= 0.3 is 6.09 Å². The molecule has 7 heteroatoms. The molecule has 152 valence electrons. The predicted octanol–water partition coefficient (Wildman–Crippen LogP) is 5.08. The Morgan fingerprint density at radius 2 is 1.83 bits per heavy atom. The Hall–Kier alpha value is -3.87. The summed E-state index contributed by atoms with van der Waals surface area (Å²) in [6.07, 6.45) is 2.28. The van der Waals surface area contributed by atoms with Gasteiger partial charge in [0.05, 0.1) is 6.26 Å². The quantitative estimate of drug-likeness (QED) is 0.612. The highest BCUT2D eigenvalue weighted by molar-refractivity contribution is 6.10. The molecule has 0 aliphatic carbocycles.